The molecule has 1 N–H and O–H groups in total. The first-order valence-electron chi connectivity index (χ1n) is 13.4. The molecule has 0 aromatic heterocycles. The zero-order chi connectivity index (χ0) is 27.5. The van der Waals surface area contributed by atoms with Crippen molar-refractivity contribution in [1.82, 2.24) is 0 Å². The number of alkyl halides is 2. The van der Waals surface area contributed by atoms with Crippen LogP contribution >= 0.6 is 11.8 Å². The second-order valence-electron chi connectivity index (χ2n) is 12.6. The lowest BCUT2D eigenvalue weighted by Crippen LogP contribution is -2.71. The summed E-state index contributed by atoms with van der Waals surface area (Å²) >= 11 is 1.20. The molecule has 3 saturated carbocycles. The maximum atomic E-state index is 17.4. The van der Waals surface area contributed by atoms with Crippen LogP contribution in [0.2, 0.25) is 0 Å². The first kappa shape index (κ1) is 26.6. The van der Waals surface area contributed by atoms with Gasteiger partial charge in [-0.3, -0.25) is 14.4 Å². The number of fused-ring (bicyclic) bond motifs is 7. The Morgan fingerprint density at radius 1 is 1.18 bits per heavy atom. The van der Waals surface area contributed by atoms with E-state index >= 15 is 8.78 Å². The molecule has 0 aromatic rings. The number of hydrogen-bond donors (Lipinski definition) is 1. The maximum absolute atomic E-state index is 17.4. The predicted molar refractivity (Wildman–Crippen MR) is 134 cm³/mol. The quantitative estimate of drug-likeness (QED) is 0.530. The van der Waals surface area contributed by atoms with Crippen LogP contribution in [0, 0.1) is 22.7 Å². The largest absolute Gasteiger partial charge is 0.465 e. The molecule has 6 aliphatic rings. The van der Waals surface area contributed by atoms with E-state index < -0.39 is 69.1 Å². The Kier molecular flexibility index (Phi) is 5.74. The van der Waals surface area contributed by atoms with Gasteiger partial charge in [0.2, 0.25) is 0 Å². The van der Waals surface area contributed by atoms with Crippen molar-refractivity contribution in [2.24, 2.45) is 22.7 Å². The van der Waals surface area contributed by atoms with Gasteiger partial charge in [0.05, 0.1) is 24.6 Å². The minimum atomic E-state index is -2.25. The zero-order valence-corrected chi connectivity index (χ0v) is 22.8. The number of allylic oxidation sites excluding steroid dienone is 4. The molecule has 0 radical (unpaired) electrons. The van der Waals surface area contributed by atoms with E-state index in [4.69, 9.17) is 14.2 Å². The van der Waals surface area contributed by atoms with E-state index in [1.807, 2.05) is 6.92 Å². The molecule has 0 spiro atoms. The molecule has 4 aliphatic carbocycles. The highest BCUT2D eigenvalue weighted by Gasteiger charge is 2.80. The van der Waals surface area contributed by atoms with Crippen LogP contribution < -0.4 is 0 Å². The minimum absolute atomic E-state index is 0.0271. The smallest absolute Gasteiger partial charge is 0.319 e. The highest BCUT2D eigenvalue weighted by molar-refractivity contribution is 8.01. The van der Waals surface area contributed by atoms with Gasteiger partial charge in [-0.2, -0.15) is 0 Å². The summed E-state index contributed by atoms with van der Waals surface area (Å²) in [5, 5.41) is 11.2. The number of carbonyl (C=O) groups is 3. The average molecular weight is 553 g/mol. The van der Waals surface area contributed by atoms with Gasteiger partial charge < -0.3 is 19.3 Å². The van der Waals surface area contributed by atoms with Gasteiger partial charge in [0, 0.05) is 23.2 Å². The van der Waals surface area contributed by atoms with Crippen LogP contribution in [0.1, 0.15) is 53.4 Å². The Balaban J connectivity index is 1.40. The Hall–Kier alpha value is -1.62. The number of ketones is 2. The van der Waals surface area contributed by atoms with Crippen LogP contribution in [-0.2, 0) is 28.6 Å². The molecular weight excluding hydrogens is 518 g/mol. The molecule has 10 heteroatoms. The van der Waals surface area contributed by atoms with Gasteiger partial charge in [-0.05, 0) is 63.7 Å². The van der Waals surface area contributed by atoms with E-state index in [1.165, 1.54) is 23.9 Å². The van der Waals surface area contributed by atoms with Gasteiger partial charge in [-0.15, -0.1) is 11.8 Å². The van der Waals surface area contributed by atoms with Gasteiger partial charge in [0.1, 0.15) is 11.4 Å². The van der Waals surface area contributed by atoms with Crippen molar-refractivity contribution in [3.63, 3.8) is 0 Å². The fourth-order valence-corrected chi connectivity index (χ4v) is 9.75. The summed E-state index contributed by atoms with van der Waals surface area (Å²) < 4.78 is 50.9. The Bertz CT molecular complexity index is 1170. The first-order chi connectivity index (χ1) is 17.7. The van der Waals surface area contributed by atoms with Crippen molar-refractivity contribution in [2.45, 2.75) is 94.1 Å². The van der Waals surface area contributed by atoms with Gasteiger partial charge >= 0.3 is 5.97 Å². The molecule has 7 nitrogen and oxygen atoms in total. The summed E-state index contributed by atoms with van der Waals surface area (Å²) in [7, 11) is 0. The van der Waals surface area contributed by atoms with Crippen molar-refractivity contribution in [3.05, 3.63) is 23.8 Å². The normalized spacial score (nSPS) is 50.6. The number of ether oxygens (including phenoxy) is 3. The molecule has 208 valence electrons. The molecule has 5 fully saturated rings. The summed E-state index contributed by atoms with van der Waals surface area (Å²) in [5.74, 6) is -3.60. The molecular formula is C28H34F2O7S. The van der Waals surface area contributed by atoms with Crippen LogP contribution in [0.15, 0.2) is 23.8 Å². The van der Waals surface area contributed by atoms with E-state index in [0.29, 0.717) is 13.0 Å². The van der Waals surface area contributed by atoms with E-state index in [-0.39, 0.29) is 42.3 Å². The predicted octanol–water partition coefficient (Wildman–Crippen LogP) is 3.42. The monoisotopic (exact) mass is 552 g/mol. The molecule has 10 atom stereocenters. The van der Waals surface area contributed by atoms with E-state index in [2.05, 4.69) is 0 Å². The van der Waals surface area contributed by atoms with Gasteiger partial charge in [0.15, 0.2) is 28.6 Å². The Morgan fingerprint density at radius 2 is 1.92 bits per heavy atom. The topological polar surface area (TPSA) is 99.1 Å². The number of rotatable bonds is 4. The van der Waals surface area contributed by atoms with Crippen molar-refractivity contribution < 1.29 is 42.5 Å². The van der Waals surface area contributed by atoms with Crippen LogP contribution in [0.3, 0.4) is 0 Å². The van der Waals surface area contributed by atoms with E-state index in [0.717, 1.165) is 6.08 Å². The first-order valence-corrected chi connectivity index (χ1v) is 14.4. The van der Waals surface area contributed by atoms with Crippen molar-refractivity contribution in [2.75, 3.05) is 12.4 Å². The molecule has 38 heavy (non-hydrogen) atoms. The fourth-order valence-electron chi connectivity index (χ4n) is 8.71. The number of cyclic esters (lactones) is 1. The van der Waals surface area contributed by atoms with Crippen LogP contribution in [0.5, 0.6) is 0 Å². The lowest BCUT2D eigenvalue weighted by molar-refractivity contribution is -0.247. The van der Waals surface area contributed by atoms with Crippen LogP contribution in [-0.4, -0.2) is 75.7 Å². The van der Waals surface area contributed by atoms with Crippen molar-refractivity contribution in [3.8, 4) is 0 Å². The number of carbonyl (C=O) groups excluding carboxylic acids is 3. The number of thioether (sulfide) groups is 1. The summed E-state index contributed by atoms with van der Waals surface area (Å²) in [6.07, 6.45) is 0.484. The van der Waals surface area contributed by atoms with Gasteiger partial charge in [0.25, 0.3) is 0 Å². The number of Topliss-reactive ketones (excluding diaryl/α,β-unsaturated/α-hetero) is 1. The number of esters is 1. The minimum Gasteiger partial charge on any atom is -0.465 e. The SMILES string of the molecule is CC1(C)O[C@@H]2C[C@H]3[C@@H]4C[C@H](F)C5=CC(=O)C=C[C@]5(C)[C@@]4(F)[C@@H](O)C[C@]3(C)[C@]2(C(=O)CS[C@H]2CCOC2=O)O1. The third kappa shape index (κ3) is 3.20. The molecule has 6 rings (SSSR count). The van der Waals surface area contributed by atoms with Gasteiger partial charge in [-0.25, -0.2) is 8.78 Å². The molecule has 0 unspecified atom stereocenters. The maximum Gasteiger partial charge on any atom is 0.319 e. The highest BCUT2D eigenvalue weighted by Crippen LogP contribution is 2.72. The molecule has 2 aliphatic heterocycles. The van der Waals surface area contributed by atoms with Crippen LogP contribution in [0.25, 0.3) is 0 Å². The summed E-state index contributed by atoms with van der Waals surface area (Å²) in [6, 6.07) is 0. The molecule has 0 aromatic carbocycles. The van der Waals surface area contributed by atoms with E-state index in [1.54, 1.807) is 20.8 Å². The molecule has 2 saturated heterocycles. The van der Waals surface area contributed by atoms with Crippen molar-refractivity contribution >= 4 is 29.3 Å². The highest BCUT2D eigenvalue weighted by atomic mass is 32.2. The molecule has 2 heterocycles. The lowest BCUT2D eigenvalue weighted by atomic mass is 9.44. The van der Waals surface area contributed by atoms with Crippen LogP contribution in [0.4, 0.5) is 8.78 Å². The fraction of sp³-hybridized carbons (Fsp3) is 0.750. The summed E-state index contributed by atoms with van der Waals surface area (Å²) in [4.78, 5) is 38.2. The number of aliphatic hydroxyl groups excluding tert-OH is 1. The number of halogens is 2. The lowest BCUT2D eigenvalue weighted by Gasteiger charge is -2.63. The second-order valence-corrected chi connectivity index (χ2v) is 13.8. The van der Waals surface area contributed by atoms with Gasteiger partial charge in [-0.1, -0.05) is 13.0 Å². The number of aliphatic hydroxyl groups is 1. The molecule has 0 bridgehead atoms. The third-order valence-electron chi connectivity index (χ3n) is 10.3. The Morgan fingerprint density at radius 3 is 2.61 bits per heavy atom. The number of hydrogen-bond acceptors (Lipinski definition) is 8. The zero-order valence-electron chi connectivity index (χ0n) is 22.0. The summed E-state index contributed by atoms with van der Waals surface area (Å²) in [5.41, 5.74) is -6.23. The Labute approximate surface area is 224 Å². The third-order valence-corrected chi connectivity index (χ3v) is 11.6. The summed E-state index contributed by atoms with van der Waals surface area (Å²) in [6.45, 7) is 7.14. The van der Waals surface area contributed by atoms with E-state index in [9.17, 15) is 19.5 Å². The van der Waals surface area contributed by atoms with Crippen molar-refractivity contribution in [1.29, 1.82) is 0 Å². The average Bonchev–Trinajstić information content (AvgIpc) is 3.44. The second kappa shape index (κ2) is 8.21. The molecule has 0 amide bonds. The standard InChI is InChI=1S/C28H34F2O7S/c1-24(2)36-22-11-15-16-10-18(29)17-9-14(31)5-7-25(17,3)27(16,30)20(32)12-26(15,4)28(22,37-24)21(33)13-38-19-6-8-35-23(19)34/h5,7,9,15-16,18-20,22,32H,6,8,10-13H2,1-4H3/t15-,16-,18-,19-,20-,22+,25-,26-,27-,28+/m0/s1.